The van der Waals surface area contributed by atoms with E-state index in [1.165, 1.54) is 25.9 Å². The Morgan fingerprint density at radius 1 is 1.00 bits per heavy atom. The minimum Gasteiger partial charge on any atom is -0.497 e. The molecule has 0 unspecified atom stereocenters. The van der Waals surface area contributed by atoms with Gasteiger partial charge in [0, 0.05) is 36.1 Å². The number of fused-ring (bicyclic) bond motifs is 1. The molecule has 3 heterocycles. The van der Waals surface area contributed by atoms with Gasteiger partial charge in [-0.25, -0.2) is 0 Å². The van der Waals surface area contributed by atoms with Crippen molar-refractivity contribution in [3.63, 3.8) is 0 Å². The molecule has 5 heteroatoms. The highest BCUT2D eigenvalue weighted by Crippen LogP contribution is 2.37. The van der Waals surface area contributed by atoms with Crippen molar-refractivity contribution in [2.24, 2.45) is 0 Å². The number of ether oxygens (including phenoxy) is 1. The summed E-state index contributed by atoms with van der Waals surface area (Å²) < 4.78 is 11.5. The monoisotopic (exact) mass is 404 g/mol. The first kappa shape index (κ1) is 19.2. The molecule has 1 aromatic heterocycles. The van der Waals surface area contributed by atoms with Gasteiger partial charge in [0.15, 0.2) is 0 Å². The van der Waals surface area contributed by atoms with Gasteiger partial charge in [0.1, 0.15) is 11.3 Å². The summed E-state index contributed by atoms with van der Waals surface area (Å²) in [6, 6.07) is 16.4. The first-order chi connectivity index (χ1) is 14.7. The van der Waals surface area contributed by atoms with Crippen LogP contribution in [0.2, 0.25) is 0 Å². The van der Waals surface area contributed by atoms with E-state index in [4.69, 9.17) is 9.15 Å². The van der Waals surface area contributed by atoms with E-state index in [1.54, 1.807) is 7.11 Å². The van der Waals surface area contributed by atoms with Crippen LogP contribution < -0.4 is 4.74 Å². The topological polar surface area (TPSA) is 45.9 Å². The van der Waals surface area contributed by atoms with Crippen LogP contribution in [0.25, 0.3) is 22.1 Å². The second-order valence-corrected chi connectivity index (χ2v) is 8.30. The number of benzene rings is 2. The molecule has 2 fully saturated rings. The summed E-state index contributed by atoms with van der Waals surface area (Å²) in [6.07, 6.45) is 4.70. The molecule has 2 saturated heterocycles. The summed E-state index contributed by atoms with van der Waals surface area (Å²) in [5, 5.41) is 0.942. The average Bonchev–Trinajstić information content (AvgIpc) is 3.47. The minimum atomic E-state index is -0.0103. The molecule has 5 rings (SSSR count). The molecule has 0 N–H and O–H groups in total. The number of furan rings is 1. The van der Waals surface area contributed by atoms with Crippen molar-refractivity contribution in [3.8, 4) is 16.9 Å². The van der Waals surface area contributed by atoms with Crippen LogP contribution in [0, 0.1) is 0 Å². The quantitative estimate of drug-likeness (QED) is 0.626. The molecule has 156 valence electrons. The van der Waals surface area contributed by atoms with Crippen LogP contribution in [0.5, 0.6) is 5.75 Å². The van der Waals surface area contributed by atoms with Crippen molar-refractivity contribution < 1.29 is 13.9 Å². The van der Waals surface area contributed by atoms with Crippen LogP contribution in [-0.2, 0) is 0 Å². The summed E-state index contributed by atoms with van der Waals surface area (Å²) in [4.78, 5) is 18.1. The number of hydrogen-bond donors (Lipinski definition) is 0. The second-order valence-electron chi connectivity index (χ2n) is 8.30. The zero-order chi connectivity index (χ0) is 20.5. The smallest absolute Gasteiger partial charge is 0.290 e. The maximum absolute atomic E-state index is 13.5. The summed E-state index contributed by atoms with van der Waals surface area (Å²) in [5.74, 6) is 1.15. The molecule has 5 nitrogen and oxygen atoms in total. The molecule has 3 aromatic rings. The molecule has 2 aliphatic rings. The van der Waals surface area contributed by atoms with Gasteiger partial charge < -0.3 is 19.0 Å². The predicted octanol–water partition coefficient (Wildman–Crippen LogP) is 4.81. The van der Waals surface area contributed by atoms with Crippen LogP contribution in [0.3, 0.4) is 0 Å². The molecule has 0 bridgehead atoms. The maximum atomic E-state index is 13.5. The first-order valence-electron chi connectivity index (χ1n) is 10.9. The molecule has 0 saturated carbocycles. The summed E-state index contributed by atoms with van der Waals surface area (Å²) in [6.45, 7) is 3.99. The van der Waals surface area contributed by atoms with Crippen LogP contribution in [-0.4, -0.2) is 55.0 Å². The Kier molecular flexibility index (Phi) is 5.21. The van der Waals surface area contributed by atoms with Crippen LogP contribution in [0.4, 0.5) is 0 Å². The Morgan fingerprint density at radius 3 is 2.43 bits per heavy atom. The number of carbonyl (C=O) groups excluding carboxylic acids is 1. The number of piperidine rings is 1. The summed E-state index contributed by atoms with van der Waals surface area (Å²) in [7, 11) is 1.64. The van der Waals surface area contributed by atoms with Crippen LogP contribution in [0.15, 0.2) is 52.9 Å². The molecule has 30 heavy (non-hydrogen) atoms. The Morgan fingerprint density at radius 2 is 1.73 bits per heavy atom. The molecule has 0 radical (unpaired) electrons. The third-order valence-corrected chi connectivity index (χ3v) is 6.56. The van der Waals surface area contributed by atoms with Crippen molar-refractivity contribution in [1.82, 2.24) is 9.80 Å². The van der Waals surface area contributed by atoms with Gasteiger partial charge in [0.2, 0.25) is 5.76 Å². The fourth-order valence-electron chi connectivity index (χ4n) is 4.93. The Labute approximate surface area is 177 Å². The number of nitrogens with zero attached hydrogens (tertiary/aromatic N) is 2. The normalized spacial score (nSPS) is 18.2. The highest BCUT2D eigenvalue weighted by molar-refractivity contribution is 6.08. The van der Waals surface area contributed by atoms with Gasteiger partial charge in [-0.3, -0.25) is 4.79 Å². The number of methoxy groups -OCH3 is 1. The molecule has 2 aliphatic heterocycles. The van der Waals surface area contributed by atoms with E-state index in [0.717, 1.165) is 48.2 Å². The van der Waals surface area contributed by atoms with E-state index in [-0.39, 0.29) is 5.91 Å². The zero-order valence-corrected chi connectivity index (χ0v) is 17.5. The number of hydrogen-bond acceptors (Lipinski definition) is 4. The Balaban J connectivity index is 1.46. The average molecular weight is 405 g/mol. The SMILES string of the molecule is COc1ccc2c(-c3ccccc3)c(C(=O)N3CCC(N4CCCC4)CC3)oc2c1. The number of likely N-dealkylation sites (tertiary alicyclic amines) is 2. The zero-order valence-electron chi connectivity index (χ0n) is 17.5. The minimum absolute atomic E-state index is 0.0103. The molecule has 0 atom stereocenters. The van der Waals surface area contributed by atoms with Crippen molar-refractivity contribution >= 4 is 16.9 Å². The highest BCUT2D eigenvalue weighted by Gasteiger charge is 2.31. The lowest BCUT2D eigenvalue weighted by atomic mass is 9.99. The van der Waals surface area contributed by atoms with Gasteiger partial charge in [-0.15, -0.1) is 0 Å². The molecule has 1 amide bonds. The van der Waals surface area contributed by atoms with E-state index in [9.17, 15) is 4.79 Å². The molecule has 0 aliphatic carbocycles. The lowest BCUT2D eigenvalue weighted by molar-refractivity contribution is 0.0617. The van der Waals surface area contributed by atoms with Gasteiger partial charge in [0.05, 0.1) is 7.11 Å². The van der Waals surface area contributed by atoms with E-state index in [0.29, 0.717) is 17.4 Å². The second kappa shape index (κ2) is 8.15. The Bertz CT molecular complexity index is 1030. The lowest BCUT2D eigenvalue weighted by Crippen LogP contribution is -2.45. The van der Waals surface area contributed by atoms with Gasteiger partial charge >= 0.3 is 0 Å². The fourth-order valence-corrected chi connectivity index (χ4v) is 4.93. The van der Waals surface area contributed by atoms with Gasteiger partial charge in [-0.1, -0.05) is 30.3 Å². The van der Waals surface area contributed by atoms with Gasteiger partial charge in [-0.05, 0) is 56.5 Å². The third kappa shape index (κ3) is 3.47. The van der Waals surface area contributed by atoms with E-state index >= 15 is 0 Å². The van der Waals surface area contributed by atoms with Crippen LogP contribution in [0.1, 0.15) is 36.2 Å². The van der Waals surface area contributed by atoms with Gasteiger partial charge in [-0.2, -0.15) is 0 Å². The van der Waals surface area contributed by atoms with Gasteiger partial charge in [0.25, 0.3) is 5.91 Å². The standard InChI is InChI=1S/C25H28N2O3/c1-29-20-9-10-21-22(17-20)30-24(23(21)18-7-3-2-4-8-18)25(28)27-15-11-19(12-16-27)26-13-5-6-14-26/h2-4,7-10,17,19H,5-6,11-16H2,1H3. The summed E-state index contributed by atoms with van der Waals surface area (Å²) >= 11 is 0. The molecule has 0 spiro atoms. The van der Waals surface area contributed by atoms with Crippen molar-refractivity contribution in [1.29, 1.82) is 0 Å². The number of amides is 1. The van der Waals surface area contributed by atoms with Crippen molar-refractivity contribution in [2.75, 3.05) is 33.3 Å². The van der Waals surface area contributed by atoms with E-state index in [1.807, 2.05) is 53.4 Å². The van der Waals surface area contributed by atoms with Crippen molar-refractivity contribution in [3.05, 3.63) is 54.3 Å². The first-order valence-corrected chi connectivity index (χ1v) is 10.9. The van der Waals surface area contributed by atoms with E-state index in [2.05, 4.69) is 4.90 Å². The third-order valence-electron chi connectivity index (χ3n) is 6.56. The van der Waals surface area contributed by atoms with Crippen LogP contribution >= 0.6 is 0 Å². The number of rotatable bonds is 4. The highest BCUT2D eigenvalue weighted by atomic mass is 16.5. The Hall–Kier alpha value is -2.79. The van der Waals surface area contributed by atoms with Crippen molar-refractivity contribution in [2.45, 2.75) is 31.7 Å². The summed E-state index contributed by atoms with van der Waals surface area (Å²) in [5.41, 5.74) is 2.56. The van der Waals surface area contributed by atoms with E-state index < -0.39 is 0 Å². The fraction of sp³-hybridized carbons (Fsp3) is 0.400. The molecular weight excluding hydrogens is 376 g/mol. The largest absolute Gasteiger partial charge is 0.497 e. The maximum Gasteiger partial charge on any atom is 0.290 e. The molecule has 2 aromatic carbocycles. The molecular formula is C25H28N2O3. The predicted molar refractivity (Wildman–Crippen MR) is 118 cm³/mol. The lowest BCUT2D eigenvalue weighted by Gasteiger charge is -2.36. The number of carbonyl (C=O) groups is 1.